The average molecular weight is 419 g/mol. The zero-order chi connectivity index (χ0) is 21.8. The molecule has 2 aromatic rings. The molecule has 0 aliphatic rings. The van der Waals surface area contributed by atoms with Crippen LogP contribution in [0.1, 0.15) is 34.8 Å². The smallest absolute Gasteiger partial charge is 0.337 e. The van der Waals surface area contributed by atoms with E-state index in [2.05, 4.69) is 10.1 Å². The van der Waals surface area contributed by atoms with Gasteiger partial charge in [0.25, 0.3) is 0 Å². The van der Waals surface area contributed by atoms with Gasteiger partial charge in [0.05, 0.1) is 24.6 Å². The quantitative estimate of drug-likeness (QED) is 0.697. The van der Waals surface area contributed by atoms with Crippen molar-refractivity contribution < 1.29 is 22.7 Å². The lowest BCUT2D eigenvalue weighted by molar-refractivity contribution is -0.117. The number of hydrogen-bond donors (Lipinski definition) is 1. The fourth-order valence-corrected chi connectivity index (χ4v) is 4.37. The van der Waals surface area contributed by atoms with Gasteiger partial charge in [0.2, 0.25) is 15.9 Å². The molecule has 8 heteroatoms. The van der Waals surface area contributed by atoms with Crippen LogP contribution in [0.3, 0.4) is 0 Å². The van der Waals surface area contributed by atoms with Crippen molar-refractivity contribution in [2.24, 2.45) is 0 Å². The van der Waals surface area contributed by atoms with Crippen LogP contribution in [0.4, 0.5) is 11.4 Å². The number of amides is 1. The second-order valence-electron chi connectivity index (χ2n) is 6.89. The van der Waals surface area contributed by atoms with E-state index >= 15 is 0 Å². The molecule has 0 saturated carbocycles. The van der Waals surface area contributed by atoms with Crippen molar-refractivity contribution in [3.8, 4) is 0 Å². The van der Waals surface area contributed by atoms with Crippen molar-refractivity contribution >= 4 is 33.3 Å². The molecule has 0 aliphatic heterocycles. The molecule has 2 aromatic carbocycles. The number of sulfonamides is 1. The Hall–Kier alpha value is -2.87. The van der Waals surface area contributed by atoms with Gasteiger partial charge >= 0.3 is 5.97 Å². The summed E-state index contributed by atoms with van der Waals surface area (Å²) in [5, 5.41) is 2.73. The summed E-state index contributed by atoms with van der Waals surface area (Å²) in [6, 6.07) is 10.7. The van der Waals surface area contributed by atoms with Gasteiger partial charge in [0.1, 0.15) is 6.04 Å². The van der Waals surface area contributed by atoms with Gasteiger partial charge in [-0.25, -0.2) is 13.2 Å². The molecule has 0 spiro atoms. The predicted octanol–water partition coefficient (Wildman–Crippen LogP) is 3.27. The van der Waals surface area contributed by atoms with Crippen LogP contribution in [0.2, 0.25) is 0 Å². The Morgan fingerprint density at radius 3 is 2.07 bits per heavy atom. The molecule has 156 valence electrons. The van der Waals surface area contributed by atoms with E-state index < -0.39 is 27.9 Å². The van der Waals surface area contributed by atoms with E-state index in [4.69, 9.17) is 0 Å². The van der Waals surface area contributed by atoms with Crippen molar-refractivity contribution in [3.05, 3.63) is 59.2 Å². The Bertz CT molecular complexity index is 980. The molecule has 2 rings (SSSR count). The van der Waals surface area contributed by atoms with Gasteiger partial charge in [-0.05, 0) is 67.8 Å². The summed E-state index contributed by atoms with van der Waals surface area (Å²) in [4.78, 5) is 24.5. The molecule has 0 saturated heterocycles. The Balaban J connectivity index is 2.34. The van der Waals surface area contributed by atoms with Crippen molar-refractivity contribution in [3.63, 3.8) is 0 Å². The fourth-order valence-electron chi connectivity index (χ4n) is 3.17. The number of esters is 1. The first-order valence-electron chi connectivity index (χ1n) is 9.13. The van der Waals surface area contributed by atoms with Crippen LogP contribution in [0.25, 0.3) is 0 Å². The number of ether oxygens (including phenoxy) is 1. The Morgan fingerprint density at radius 1 is 1.07 bits per heavy atom. The number of nitrogens with one attached hydrogen (secondary N) is 1. The number of carbonyl (C=O) groups excluding carboxylic acids is 2. The Kier molecular flexibility index (Phi) is 7.02. The first kappa shape index (κ1) is 22.4. The molecule has 0 heterocycles. The number of rotatable bonds is 7. The van der Waals surface area contributed by atoms with Gasteiger partial charge in [0, 0.05) is 5.69 Å². The third-order valence-corrected chi connectivity index (χ3v) is 5.54. The van der Waals surface area contributed by atoms with E-state index in [0.717, 1.165) is 21.7 Å². The molecular formula is C21H26N2O5S. The average Bonchev–Trinajstić information content (AvgIpc) is 2.63. The lowest BCUT2D eigenvalue weighted by atomic mass is 10.1. The molecule has 0 fully saturated rings. The van der Waals surface area contributed by atoms with Crippen LogP contribution < -0.4 is 9.62 Å². The number of benzene rings is 2. The Morgan fingerprint density at radius 2 is 1.62 bits per heavy atom. The highest BCUT2D eigenvalue weighted by atomic mass is 32.2. The molecule has 1 atom stereocenters. The maximum Gasteiger partial charge on any atom is 0.337 e. The van der Waals surface area contributed by atoms with Gasteiger partial charge in [-0.1, -0.05) is 13.0 Å². The van der Waals surface area contributed by atoms with Crippen molar-refractivity contribution in [2.45, 2.75) is 33.2 Å². The first-order chi connectivity index (χ1) is 13.6. The first-order valence-corrected chi connectivity index (χ1v) is 11.0. The lowest BCUT2D eigenvalue weighted by Gasteiger charge is -2.30. The second-order valence-corrected chi connectivity index (χ2v) is 8.75. The largest absolute Gasteiger partial charge is 0.465 e. The number of aryl methyl sites for hydroxylation is 2. The molecule has 29 heavy (non-hydrogen) atoms. The molecule has 0 unspecified atom stereocenters. The summed E-state index contributed by atoms with van der Waals surface area (Å²) in [7, 11) is -2.42. The zero-order valence-corrected chi connectivity index (χ0v) is 18.0. The van der Waals surface area contributed by atoms with Crippen LogP contribution in [-0.4, -0.2) is 39.7 Å². The summed E-state index contributed by atoms with van der Waals surface area (Å²) >= 11 is 0. The van der Waals surface area contributed by atoms with Gasteiger partial charge in [-0.3, -0.25) is 9.10 Å². The standard InChI is InChI=1S/C21H26N2O5S/c1-6-19(20(24)22-17-9-7-16(8-10-17)21(25)28-4)23(29(5,26)27)18-12-14(2)11-15(3)13-18/h7-13,19H,6H2,1-5H3,(H,22,24)/t19-/m0/s1. The van der Waals surface area contributed by atoms with Crippen molar-refractivity contribution in [1.82, 2.24) is 0 Å². The van der Waals surface area contributed by atoms with Crippen molar-refractivity contribution in [1.29, 1.82) is 0 Å². The fraction of sp³-hybridized carbons (Fsp3) is 0.333. The van der Waals surface area contributed by atoms with Crippen LogP contribution in [0.15, 0.2) is 42.5 Å². The minimum absolute atomic E-state index is 0.284. The molecule has 0 aliphatic carbocycles. The minimum Gasteiger partial charge on any atom is -0.465 e. The van der Waals surface area contributed by atoms with E-state index in [1.54, 1.807) is 31.2 Å². The van der Waals surface area contributed by atoms with E-state index in [9.17, 15) is 18.0 Å². The zero-order valence-electron chi connectivity index (χ0n) is 17.2. The van der Waals surface area contributed by atoms with Gasteiger partial charge in [-0.15, -0.1) is 0 Å². The summed E-state index contributed by atoms with van der Waals surface area (Å²) in [6.45, 7) is 5.51. The van der Waals surface area contributed by atoms with Gasteiger partial charge in [0.15, 0.2) is 0 Å². The van der Waals surface area contributed by atoms with Crippen molar-refractivity contribution in [2.75, 3.05) is 23.0 Å². The lowest BCUT2D eigenvalue weighted by Crippen LogP contribution is -2.47. The third kappa shape index (κ3) is 5.57. The Labute approximate surface area is 171 Å². The predicted molar refractivity (Wildman–Crippen MR) is 114 cm³/mol. The third-order valence-electron chi connectivity index (χ3n) is 4.36. The number of anilines is 2. The minimum atomic E-state index is -3.71. The van der Waals surface area contributed by atoms with E-state index in [1.807, 2.05) is 19.9 Å². The second kappa shape index (κ2) is 9.09. The maximum atomic E-state index is 12.9. The summed E-state index contributed by atoms with van der Waals surface area (Å²) < 4.78 is 30.9. The SMILES string of the molecule is CC[C@@H](C(=O)Nc1ccc(C(=O)OC)cc1)N(c1cc(C)cc(C)c1)S(C)(=O)=O. The number of nitrogens with zero attached hydrogens (tertiary/aromatic N) is 1. The van der Waals surface area contributed by atoms with Crippen LogP contribution in [0.5, 0.6) is 0 Å². The van der Waals surface area contributed by atoms with E-state index in [0.29, 0.717) is 16.9 Å². The molecule has 0 radical (unpaired) electrons. The molecular weight excluding hydrogens is 392 g/mol. The number of carbonyl (C=O) groups is 2. The highest BCUT2D eigenvalue weighted by Gasteiger charge is 2.31. The number of hydrogen-bond acceptors (Lipinski definition) is 5. The van der Waals surface area contributed by atoms with E-state index in [1.165, 1.54) is 19.2 Å². The molecule has 7 nitrogen and oxygen atoms in total. The topological polar surface area (TPSA) is 92.8 Å². The van der Waals surface area contributed by atoms with E-state index in [-0.39, 0.29) is 6.42 Å². The molecule has 0 aromatic heterocycles. The van der Waals surface area contributed by atoms with Crippen LogP contribution in [0, 0.1) is 13.8 Å². The monoisotopic (exact) mass is 418 g/mol. The van der Waals surface area contributed by atoms with Crippen LogP contribution in [-0.2, 0) is 19.6 Å². The normalized spacial score (nSPS) is 12.2. The molecule has 0 bridgehead atoms. The highest BCUT2D eigenvalue weighted by Crippen LogP contribution is 2.26. The molecule has 1 N–H and O–H groups in total. The van der Waals surface area contributed by atoms with Gasteiger partial charge in [-0.2, -0.15) is 0 Å². The highest BCUT2D eigenvalue weighted by molar-refractivity contribution is 7.92. The summed E-state index contributed by atoms with van der Waals surface area (Å²) in [5.74, 6) is -0.935. The summed E-state index contributed by atoms with van der Waals surface area (Å²) in [6.07, 6.45) is 1.37. The number of methoxy groups -OCH3 is 1. The van der Waals surface area contributed by atoms with Gasteiger partial charge < -0.3 is 10.1 Å². The summed E-state index contributed by atoms with van der Waals surface area (Å²) in [5.41, 5.74) is 3.07. The van der Waals surface area contributed by atoms with Crippen LogP contribution >= 0.6 is 0 Å². The molecule has 1 amide bonds. The maximum absolute atomic E-state index is 12.9.